The van der Waals surface area contributed by atoms with Crippen LogP contribution in [0.5, 0.6) is 5.88 Å². The zero-order valence-corrected chi connectivity index (χ0v) is 9.80. The van der Waals surface area contributed by atoms with Crippen LogP contribution in [0.2, 0.25) is 0 Å². The van der Waals surface area contributed by atoms with Crippen molar-refractivity contribution in [2.75, 3.05) is 32.2 Å². The van der Waals surface area contributed by atoms with Crippen LogP contribution in [0.3, 0.4) is 0 Å². The molecule has 94 valence electrons. The van der Waals surface area contributed by atoms with Crippen LogP contribution >= 0.6 is 0 Å². The minimum atomic E-state index is -0.523. The lowest BCUT2D eigenvalue weighted by molar-refractivity contribution is -0.386. The Bertz CT molecular complexity index is 384. The number of hydrogen-bond acceptors (Lipinski definition) is 6. The lowest BCUT2D eigenvalue weighted by atomic mass is 10.4. The second-order valence-electron chi connectivity index (χ2n) is 3.15. The molecule has 0 aromatic carbocycles. The minimum Gasteiger partial charge on any atom is -0.470 e. The van der Waals surface area contributed by atoms with E-state index in [9.17, 15) is 10.1 Å². The lowest BCUT2D eigenvalue weighted by Gasteiger charge is -2.07. The number of methoxy groups -OCH3 is 1. The molecule has 0 aliphatic heterocycles. The number of pyridine rings is 1. The smallest absolute Gasteiger partial charge is 0.331 e. The van der Waals surface area contributed by atoms with Crippen LogP contribution in [-0.2, 0) is 4.74 Å². The number of nitrogens with one attached hydrogen (secondary N) is 1. The van der Waals surface area contributed by atoms with Gasteiger partial charge in [0.25, 0.3) is 5.88 Å². The molecule has 1 rings (SSSR count). The summed E-state index contributed by atoms with van der Waals surface area (Å²) in [6, 6.07) is 2.91. The zero-order chi connectivity index (χ0) is 12.7. The number of nitrogens with zero attached hydrogens (tertiary/aromatic N) is 2. The van der Waals surface area contributed by atoms with Crippen LogP contribution in [0, 0.1) is 10.1 Å². The summed E-state index contributed by atoms with van der Waals surface area (Å²) in [5.74, 6) is 0.552. The average molecular weight is 241 g/mol. The number of rotatable bonds is 7. The Balaban J connectivity index is 2.86. The van der Waals surface area contributed by atoms with Gasteiger partial charge in [0.05, 0.1) is 11.5 Å². The van der Waals surface area contributed by atoms with Crippen molar-refractivity contribution in [1.29, 1.82) is 0 Å². The number of hydrogen-bond donors (Lipinski definition) is 1. The Labute approximate surface area is 98.9 Å². The summed E-state index contributed by atoms with van der Waals surface area (Å²) < 4.78 is 10.0. The third kappa shape index (κ3) is 3.87. The van der Waals surface area contributed by atoms with Crippen molar-refractivity contribution in [3.8, 4) is 5.88 Å². The quantitative estimate of drug-likeness (QED) is 0.441. The fraction of sp³-hybridized carbons (Fsp3) is 0.500. The summed E-state index contributed by atoms with van der Waals surface area (Å²) in [7, 11) is 1.53. The molecule has 0 radical (unpaired) electrons. The number of anilines is 1. The van der Waals surface area contributed by atoms with Gasteiger partial charge in [-0.3, -0.25) is 10.1 Å². The van der Waals surface area contributed by atoms with Gasteiger partial charge in [0, 0.05) is 19.7 Å². The van der Waals surface area contributed by atoms with Gasteiger partial charge in [0.1, 0.15) is 12.4 Å². The van der Waals surface area contributed by atoms with E-state index in [4.69, 9.17) is 9.47 Å². The molecule has 0 aliphatic carbocycles. The van der Waals surface area contributed by atoms with E-state index in [-0.39, 0.29) is 18.2 Å². The van der Waals surface area contributed by atoms with Gasteiger partial charge in [-0.25, -0.2) is 0 Å². The predicted molar refractivity (Wildman–Crippen MR) is 62.4 cm³/mol. The molecule has 0 amide bonds. The second-order valence-corrected chi connectivity index (χ2v) is 3.15. The molecule has 0 bridgehead atoms. The van der Waals surface area contributed by atoms with E-state index < -0.39 is 4.92 Å². The summed E-state index contributed by atoms with van der Waals surface area (Å²) in [4.78, 5) is 14.3. The Morgan fingerprint density at radius 3 is 2.82 bits per heavy atom. The second kappa shape index (κ2) is 6.64. The van der Waals surface area contributed by atoms with Crippen molar-refractivity contribution in [2.45, 2.75) is 6.92 Å². The van der Waals surface area contributed by atoms with Crippen LogP contribution in [0.15, 0.2) is 12.1 Å². The topological polar surface area (TPSA) is 86.5 Å². The van der Waals surface area contributed by atoms with Gasteiger partial charge >= 0.3 is 5.69 Å². The van der Waals surface area contributed by atoms with E-state index in [1.54, 1.807) is 6.07 Å². The first-order chi connectivity index (χ1) is 8.19. The lowest BCUT2D eigenvalue weighted by Crippen LogP contribution is -2.08. The highest BCUT2D eigenvalue weighted by Crippen LogP contribution is 2.26. The maximum absolute atomic E-state index is 10.8. The molecule has 0 fully saturated rings. The van der Waals surface area contributed by atoms with Crippen molar-refractivity contribution in [1.82, 2.24) is 4.98 Å². The zero-order valence-electron chi connectivity index (χ0n) is 9.80. The first-order valence-corrected chi connectivity index (χ1v) is 5.20. The molecule has 1 aromatic rings. The minimum absolute atomic E-state index is 0.00509. The summed E-state index contributed by atoms with van der Waals surface area (Å²) in [6.07, 6.45) is 0. The fourth-order valence-electron chi connectivity index (χ4n) is 1.18. The summed E-state index contributed by atoms with van der Waals surface area (Å²) >= 11 is 0. The fourth-order valence-corrected chi connectivity index (χ4v) is 1.18. The van der Waals surface area contributed by atoms with Crippen LogP contribution in [0.1, 0.15) is 6.92 Å². The van der Waals surface area contributed by atoms with E-state index in [2.05, 4.69) is 10.3 Å². The molecule has 0 spiro atoms. The SMILES string of the molecule is CCNc1ccc([N+](=O)[O-])c(OCCOC)n1. The van der Waals surface area contributed by atoms with E-state index in [0.717, 1.165) is 0 Å². The highest BCUT2D eigenvalue weighted by Gasteiger charge is 2.17. The molecule has 1 N–H and O–H groups in total. The highest BCUT2D eigenvalue weighted by molar-refractivity contribution is 5.48. The maximum atomic E-state index is 10.8. The molecule has 17 heavy (non-hydrogen) atoms. The normalized spacial score (nSPS) is 10.0. The van der Waals surface area contributed by atoms with Crippen LogP contribution in [0.25, 0.3) is 0 Å². The predicted octanol–water partition coefficient (Wildman–Crippen LogP) is 1.45. The van der Waals surface area contributed by atoms with Crippen molar-refractivity contribution < 1.29 is 14.4 Å². The van der Waals surface area contributed by atoms with E-state index in [0.29, 0.717) is 19.0 Å². The standard InChI is InChI=1S/C10H15N3O4/c1-3-11-9-5-4-8(13(14)15)10(12-9)17-7-6-16-2/h4-5H,3,6-7H2,1-2H3,(H,11,12). The summed E-state index contributed by atoms with van der Waals surface area (Å²) in [6.45, 7) is 3.17. The molecule has 0 atom stereocenters. The Morgan fingerprint density at radius 1 is 1.47 bits per heavy atom. The average Bonchev–Trinajstić information content (AvgIpc) is 2.30. The molecule has 7 heteroatoms. The summed E-state index contributed by atoms with van der Waals surface area (Å²) in [5, 5.41) is 13.7. The molecule has 1 heterocycles. The van der Waals surface area contributed by atoms with Gasteiger partial charge in [-0.15, -0.1) is 0 Å². The van der Waals surface area contributed by atoms with Gasteiger partial charge in [-0.05, 0) is 13.0 Å². The van der Waals surface area contributed by atoms with Gasteiger partial charge < -0.3 is 14.8 Å². The number of aromatic nitrogens is 1. The number of ether oxygens (including phenoxy) is 2. The van der Waals surface area contributed by atoms with Crippen LogP contribution in [-0.4, -0.2) is 36.8 Å². The largest absolute Gasteiger partial charge is 0.470 e. The molecule has 7 nitrogen and oxygen atoms in total. The van der Waals surface area contributed by atoms with Gasteiger partial charge in [0.2, 0.25) is 0 Å². The van der Waals surface area contributed by atoms with Crippen molar-refractivity contribution in [2.24, 2.45) is 0 Å². The van der Waals surface area contributed by atoms with Crippen molar-refractivity contribution >= 4 is 11.5 Å². The Hall–Kier alpha value is -1.89. The van der Waals surface area contributed by atoms with Crippen LogP contribution < -0.4 is 10.1 Å². The molecule has 0 saturated heterocycles. The molecule has 0 unspecified atom stereocenters. The highest BCUT2D eigenvalue weighted by atomic mass is 16.6. The molecular formula is C10H15N3O4. The Kier molecular flexibility index (Phi) is 5.15. The van der Waals surface area contributed by atoms with Crippen molar-refractivity contribution in [3.05, 3.63) is 22.2 Å². The molecule has 0 saturated carbocycles. The number of nitro groups is 1. The summed E-state index contributed by atoms with van der Waals surface area (Å²) in [5.41, 5.74) is -0.150. The van der Waals surface area contributed by atoms with Crippen molar-refractivity contribution in [3.63, 3.8) is 0 Å². The van der Waals surface area contributed by atoms with E-state index >= 15 is 0 Å². The third-order valence-electron chi connectivity index (χ3n) is 1.92. The first-order valence-electron chi connectivity index (χ1n) is 5.20. The molecule has 0 aliphatic rings. The van der Waals surface area contributed by atoms with Crippen LogP contribution in [0.4, 0.5) is 11.5 Å². The monoisotopic (exact) mass is 241 g/mol. The van der Waals surface area contributed by atoms with E-state index in [1.165, 1.54) is 13.2 Å². The van der Waals surface area contributed by atoms with E-state index in [1.807, 2.05) is 6.92 Å². The van der Waals surface area contributed by atoms with Gasteiger partial charge in [-0.1, -0.05) is 0 Å². The molecule has 1 aromatic heterocycles. The first kappa shape index (κ1) is 13.2. The molecular weight excluding hydrogens is 226 g/mol. The van der Waals surface area contributed by atoms with Gasteiger partial charge in [-0.2, -0.15) is 4.98 Å². The maximum Gasteiger partial charge on any atom is 0.331 e. The third-order valence-corrected chi connectivity index (χ3v) is 1.92. The van der Waals surface area contributed by atoms with Gasteiger partial charge in [0.15, 0.2) is 0 Å². The Morgan fingerprint density at radius 2 is 2.24 bits per heavy atom.